The maximum Gasteiger partial charge on any atom is 1.00 e. The maximum absolute atomic E-state index is 13.0. The van der Waals surface area contributed by atoms with Crippen LogP contribution in [0.1, 0.15) is 33.3 Å². The van der Waals surface area contributed by atoms with E-state index >= 15 is 0 Å². The van der Waals surface area contributed by atoms with Crippen LogP contribution in [0.4, 0.5) is 4.39 Å². The zero-order valence-corrected chi connectivity index (χ0v) is 16.7. The summed E-state index contributed by atoms with van der Waals surface area (Å²) in [7, 11) is 1.13. The van der Waals surface area contributed by atoms with E-state index in [1.807, 2.05) is 0 Å². The molecule has 0 saturated heterocycles. The summed E-state index contributed by atoms with van der Waals surface area (Å²) in [6.07, 6.45) is 1.87. The van der Waals surface area contributed by atoms with Crippen molar-refractivity contribution in [3.63, 3.8) is 0 Å². The number of carbonyl (C=O) groups excluding carboxylic acids is 1. The molecule has 1 aromatic heterocycles. The van der Waals surface area contributed by atoms with Gasteiger partial charge in [0.25, 0.3) is 0 Å². The first-order valence-electron chi connectivity index (χ1n) is 7.61. The molecule has 2 N–H and O–H groups in total. The summed E-state index contributed by atoms with van der Waals surface area (Å²) in [4.78, 5) is 27.5. The number of ether oxygens (including phenoxy) is 1. The van der Waals surface area contributed by atoms with Crippen LogP contribution in [0.5, 0.6) is 5.75 Å². The number of pyridine rings is 1. The Hall–Kier alpha value is -2.48. The standard InChI is InChI=1S/C19H14FNO5.Na.H/c1-26-19(25)15-8-14(18(23)24)13-7-11(9-21-16(13)17(15)22)6-10-2-4-12(20)5-3-10;;/h2-5,7-9,22H,6H2,1H3,(H,23,24);;/q;+1;-1. The van der Waals surface area contributed by atoms with E-state index in [0.717, 1.165) is 18.7 Å². The molecule has 8 heteroatoms. The number of hydrogen-bond acceptors (Lipinski definition) is 5. The Morgan fingerprint density at radius 1 is 1.15 bits per heavy atom. The number of nitrogens with zero attached hydrogens (tertiary/aromatic N) is 1. The molecule has 0 aliphatic heterocycles. The number of carboxylic acid groups (broad SMARTS) is 1. The molecule has 1 heterocycles. The summed E-state index contributed by atoms with van der Waals surface area (Å²) in [5.41, 5.74) is 1.05. The van der Waals surface area contributed by atoms with E-state index in [4.69, 9.17) is 0 Å². The van der Waals surface area contributed by atoms with Gasteiger partial charge in [0.2, 0.25) is 0 Å². The van der Waals surface area contributed by atoms with Gasteiger partial charge in [-0.25, -0.2) is 14.0 Å². The molecule has 27 heavy (non-hydrogen) atoms. The van der Waals surface area contributed by atoms with E-state index in [9.17, 15) is 24.2 Å². The zero-order chi connectivity index (χ0) is 18.8. The van der Waals surface area contributed by atoms with Crippen LogP contribution >= 0.6 is 0 Å². The molecule has 0 saturated carbocycles. The number of carbonyl (C=O) groups is 2. The second-order valence-electron chi connectivity index (χ2n) is 5.66. The molecule has 3 rings (SSSR count). The van der Waals surface area contributed by atoms with Crippen molar-refractivity contribution in [2.75, 3.05) is 7.11 Å². The number of benzene rings is 2. The predicted octanol–water partition coefficient (Wildman–Crippen LogP) is 0.272. The fourth-order valence-electron chi connectivity index (χ4n) is 2.70. The number of fused-ring (bicyclic) bond motifs is 1. The topological polar surface area (TPSA) is 96.7 Å². The average Bonchev–Trinajstić information content (AvgIpc) is 2.63. The molecular weight excluding hydrogens is 364 g/mol. The van der Waals surface area contributed by atoms with Gasteiger partial charge in [-0.3, -0.25) is 4.98 Å². The van der Waals surface area contributed by atoms with Gasteiger partial charge in [0.15, 0.2) is 5.75 Å². The van der Waals surface area contributed by atoms with Gasteiger partial charge in [0.1, 0.15) is 16.9 Å². The molecule has 0 bridgehead atoms. The van der Waals surface area contributed by atoms with Crippen LogP contribution in [-0.4, -0.2) is 34.2 Å². The van der Waals surface area contributed by atoms with Crippen LogP contribution < -0.4 is 29.6 Å². The minimum Gasteiger partial charge on any atom is -1.00 e. The number of rotatable bonds is 4. The van der Waals surface area contributed by atoms with Crippen molar-refractivity contribution in [3.8, 4) is 5.75 Å². The molecule has 134 valence electrons. The first kappa shape index (κ1) is 20.8. The van der Waals surface area contributed by atoms with E-state index in [1.54, 1.807) is 18.2 Å². The van der Waals surface area contributed by atoms with Gasteiger partial charge in [0, 0.05) is 11.6 Å². The van der Waals surface area contributed by atoms with Crippen molar-refractivity contribution in [3.05, 3.63) is 70.7 Å². The van der Waals surface area contributed by atoms with Gasteiger partial charge in [-0.15, -0.1) is 0 Å². The van der Waals surface area contributed by atoms with Gasteiger partial charge < -0.3 is 16.4 Å². The number of esters is 1. The van der Waals surface area contributed by atoms with Crippen LogP contribution in [0.2, 0.25) is 0 Å². The van der Waals surface area contributed by atoms with Crippen LogP contribution in [0.3, 0.4) is 0 Å². The Kier molecular flexibility index (Phi) is 6.54. The molecular formula is C19H15FNNaO5. The summed E-state index contributed by atoms with van der Waals surface area (Å²) in [5, 5.41) is 19.9. The second-order valence-corrected chi connectivity index (χ2v) is 5.66. The van der Waals surface area contributed by atoms with Crippen molar-refractivity contribution < 1.29 is 59.9 Å². The minimum absolute atomic E-state index is 0. The number of carboxylic acids is 1. The number of aromatic carboxylic acids is 1. The molecule has 2 aromatic carbocycles. The van der Waals surface area contributed by atoms with Crippen molar-refractivity contribution in [2.24, 2.45) is 0 Å². The van der Waals surface area contributed by atoms with Crippen molar-refractivity contribution in [2.45, 2.75) is 6.42 Å². The number of hydrogen-bond donors (Lipinski definition) is 2. The van der Waals surface area contributed by atoms with Gasteiger partial charge in [0.05, 0.1) is 12.7 Å². The average molecular weight is 379 g/mol. The summed E-state index contributed by atoms with van der Waals surface area (Å²) >= 11 is 0. The fraction of sp³-hybridized carbons (Fsp3) is 0.105. The molecule has 0 aliphatic carbocycles. The summed E-state index contributed by atoms with van der Waals surface area (Å²) in [5.74, 6) is -2.91. The molecule has 0 atom stereocenters. The molecule has 0 aliphatic rings. The van der Waals surface area contributed by atoms with Gasteiger partial charge in [-0.1, -0.05) is 12.1 Å². The van der Waals surface area contributed by atoms with Crippen LogP contribution in [0.15, 0.2) is 42.6 Å². The summed E-state index contributed by atoms with van der Waals surface area (Å²) in [6.45, 7) is 0. The first-order chi connectivity index (χ1) is 12.4. The Bertz CT molecular complexity index is 1030. The van der Waals surface area contributed by atoms with Crippen LogP contribution in [-0.2, 0) is 11.2 Å². The number of halogens is 1. The van der Waals surface area contributed by atoms with E-state index in [2.05, 4.69) is 9.72 Å². The van der Waals surface area contributed by atoms with Crippen molar-refractivity contribution in [1.82, 2.24) is 4.98 Å². The van der Waals surface area contributed by atoms with E-state index in [-0.39, 0.29) is 58.8 Å². The van der Waals surface area contributed by atoms with Crippen LogP contribution in [0, 0.1) is 5.82 Å². The number of phenolic OH excluding ortho intramolecular Hbond substituents is 1. The largest absolute Gasteiger partial charge is 1.00 e. The Balaban J connectivity index is 0.00000196. The fourth-order valence-corrected chi connectivity index (χ4v) is 2.70. The summed E-state index contributed by atoms with van der Waals surface area (Å²) < 4.78 is 17.6. The summed E-state index contributed by atoms with van der Waals surface area (Å²) in [6, 6.07) is 8.55. The Labute approximate surface area is 177 Å². The van der Waals surface area contributed by atoms with Crippen molar-refractivity contribution in [1.29, 1.82) is 0 Å². The molecule has 0 amide bonds. The molecule has 0 unspecified atom stereocenters. The zero-order valence-electron chi connectivity index (χ0n) is 15.7. The van der Waals surface area contributed by atoms with Gasteiger partial charge in [-0.05, 0) is 41.8 Å². The Morgan fingerprint density at radius 2 is 1.81 bits per heavy atom. The third-order valence-corrected chi connectivity index (χ3v) is 3.96. The maximum atomic E-state index is 13.0. The number of methoxy groups -OCH3 is 1. The molecule has 6 nitrogen and oxygen atoms in total. The quantitative estimate of drug-likeness (QED) is 0.499. The second kappa shape index (κ2) is 8.47. The number of phenols is 1. The molecule has 0 fully saturated rings. The third kappa shape index (κ3) is 4.27. The van der Waals surface area contributed by atoms with E-state index < -0.39 is 17.7 Å². The minimum atomic E-state index is -1.26. The normalized spacial score (nSPS) is 10.3. The number of aromatic hydroxyl groups is 1. The third-order valence-electron chi connectivity index (χ3n) is 3.96. The van der Waals surface area contributed by atoms with E-state index in [1.165, 1.54) is 18.3 Å². The predicted molar refractivity (Wildman–Crippen MR) is 92.0 cm³/mol. The molecule has 3 aromatic rings. The van der Waals surface area contributed by atoms with Crippen LogP contribution in [0.25, 0.3) is 10.9 Å². The smallest absolute Gasteiger partial charge is 1.00 e. The van der Waals surface area contributed by atoms with Gasteiger partial charge in [-0.2, -0.15) is 0 Å². The van der Waals surface area contributed by atoms with Gasteiger partial charge >= 0.3 is 41.5 Å². The molecule has 0 spiro atoms. The van der Waals surface area contributed by atoms with Crippen molar-refractivity contribution >= 4 is 22.8 Å². The number of aromatic nitrogens is 1. The monoisotopic (exact) mass is 379 g/mol. The van der Waals surface area contributed by atoms with E-state index in [0.29, 0.717) is 12.0 Å². The SMILES string of the molecule is COC(=O)c1cc(C(=O)O)c2cc(Cc3ccc(F)cc3)cnc2c1O.[H-].[Na+]. The molecule has 0 radical (unpaired) electrons. The first-order valence-corrected chi connectivity index (χ1v) is 7.61. The Morgan fingerprint density at radius 3 is 2.41 bits per heavy atom.